The summed E-state index contributed by atoms with van der Waals surface area (Å²) < 4.78 is 39.1. The second kappa shape index (κ2) is 11.0. The van der Waals surface area contributed by atoms with Crippen LogP contribution in [0.25, 0.3) is 0 Å². The van der Waals surface area contributed by atoms with Crippen molar-refractivity contribution in [1.82, 2.24) is 4.98 Å². The number of amides is 1. The Morgan fingerprint density at radius 3 is 2.15 bits per heavy atom. The lowest BCUT2D eigenvalue weighted by Crippen LogP contribution is -2.15. The molecule has 3 aromatic carbocycles. The van der Waals surface area contributed by atoms with Crippen molar-refractivity contribution in [3.63, 3.8) is 0 Å². The van der Waals surface area contributed by atoms with Gasteiger partial charge in [0.2, 0.25) is 5.78 Å². The zero-order chi connectivity index (χ0) is 28.3. The van der Waals surface area contributed by atoms with Gasteiger partial charge in [-0.15, -0.1) is 0 Å². The molecule has 0 saturated carbocycles. The highest BCUT2D eigenvalue weighted by molar-refractivity contribution is 6.30. The van der Waals surface area contributed by atoms with Crippen LogP contribution >= 0.6 is 11.6 Å². The number of carboxylic acid groups (broad SMARTS) is 1. The van der Waals surface area contributed by atoms with Crippen molar-refractivity contribution in [2.24, 2.45) is 0 Å². The lowest BCUT2D eigenvalue weighted by atomic mass is 10.0. The molecule has 0 aliphatic rings. The van der Waals surface area contributed by atoms with E-state index >= 15 is 0 Å². The molecule has 1 amide bonds. The smallest absolute Gasteiger partial charge is 0.416 e. The second-order valence-electron chi connectivity index (χ2n) is 8.40. The van der Waals surface area contributed by atoms with Crippen LogP contribution in [0.3, 0.4) is 0 Å². The topological polar surface area (TPSA) is 99.6 Å². The Balaban J connectivity index is 1.59. The van der Waals surface area contributed by atoms with Crippen LogP contribution in [0.5, 0.6) is 0 Å². The van der Waals surface area contributed by atoms with E-state index in [9.17, 15) is 32.7 Å². The van der Waals surface area contributed by atoms with Crippen LogP contribution in [0, 0.1) is 0 Å². The molecule has 0 radical (unpaired) electrons. The maximum absolute atomic E-state index is 13.2. The minimum Gasteiger partial charge on any atom is -0.478 e. The monoisotopic (exact) mass is 553 g/mol. The van der Waals surface area contributed by atoms with Gasteiger partial charge in [-0.25, -0.2) is 4.79 Å². The molecular formula is C28H19ClF3N3O4. The van der Waals surface area contributed by atoms with E-state index in [-0.39, 0.29) is 28.1 Å². The predicted octanol–water partition coefficient (Wildman–Crippen LogP) is 6.70. The van der Waals surface area contributed by atoms with Gasteiger partial charge in [0.25, 0.3) is 5.91 Å². The maximum atomic E-state index is 13.2. The summed E-state index contributed by atoms with van der Waals surface area (Å²) in [7, 11) is 1.80. The molecule has 0 atom stereocenters. The number of ketones is 1. The number of carbonyl (C=O) groups excluding carboxylic acids is 2. The minimum absolute atomic E-state index is 0.0148. The van der Waals surface area contributed by atoms with Crippen LogP contribution in [0.4, 0.5) is 30.2 Å². The first-order chi connectivity index (χ1) is 18.4. The highest BCUT2D eigenvalue weighted by Crippen LogP contribution is 2.30. The Hall–Kier alpha value is -4.70. The number of nitrogens with zero attached hydrogens (tertiary/aromatic N) is 2. The summed E-state index contributed by atoms with van der Waals surface area (Å²) in [5.41, 5.74) is -0.264. The lowest BCUT2D eigenvalue weighted by molar-refractivity contribution is -0.137. The first kappa shape index (κ1) is 27.3. The number of aromatic nitrogens is 1. The summed E-state index contributed by atoms with van der Waals surface area (Å²) in [4.78, 5) is 43.5. The Morgan fingerprint density at radius 2 is 1.54 bits per heavy atom. The number of anilines is 3. The van der Waals surface area contributed by atoms with Crippen LogP contribution in [0.1, 0.15) is 42.3 Å². The number of nitrogens with one attached hydrogen (secondary N) is 1. The summed E-state index contributed by atoms with van der Waals surface area (Å²) in [5.74, 6) is -2.89. The van der Waals surface area contributed by atoms with Crippen molar-refractivity contribution >= 4 is 46.3 Å². The minimum atomic E-state index is -4.65. The first-order valence-electron chi connectivity index (χ1n) is 11.3. The molecule has 1 aromatic heterocycles. The zero-order valence-electron chi connectivity index (χ0n) is 20.2. The average Bonchev–Trinajstić information content (AvgIpc) is 2.92. The van der Waals surface area contributed by atoms with Gasteiger partial charge in [-0.1, -0.05) is 17.7 Å². The van der Waals surface area contributed by atoms with E-state index in [0.29, 0.717) is 16.8 Å². The van der Waals surface area contributed by atoms with Gasteiger partial charge in [-0.05, 0) is 72.8 Å². The van der Waals surface area contributed by atoms with Crippen molar-refractivity contribution in [1.29, 1.82) is 0 Å². The molecule has 0 aliphatic heterocycles. The molecule has 11 heteroatoms. The third-order valence-corrected chi connectivity index (χ3v) is 5.99. The van der Waals surface area contributed by atoms with E-state index in [1.54, 1.807) is 25.2 Å². The Kier molecular flexibility index (Phi) is 7.68. The van der Waals surface area contributed by atoms with Crippen LogP contribution in [-0.2, 0) is 6.18 Å². The highest BCUT2D eigenvalue weighted by atomic mass is 35.5. The number of hydrogen-bond acceptors (Lipinski definition) is 5. The van der Waals surface area contributed by atoms with E-state index in [4.69, 9.17) is 11.6 Å². The number of aromatic carboxylic acids is 1. The molecule has 39 heavy (non-hydrogen) atoms. The summed E-state index contributed by atoms with van der Waals surface area (Å²) in [6.45, 7) is 0. The largest absolute Gasteiger partial charge is 0.478 e. The molecule has 4 aromatic rings. The molecule has 1 heterocycles. The first-order valence-corrected chi connectivity index (χ1v) is 11.7. The number of hydrogen-bond donors (Lipinski definition) is 2. The third-order valence-electron chi connectivity index (χ3n) is 5.73. The number of pyridine rings is 1. The number of carbonyl (C=O) groups is 3. The van der Waals surface area contributed by atoms with Crippen molar-refractivity contribution in [3.05, 3.63) is 118 Å². The van der Waals surface area contributed by atoms with Crippen molar-refractivity contribution in [2.45, 2.75) is 6.18 Å². The third kappa shape index (κ3) is 6.42. The molecule has 7 nitrogen and oxygen atoms in total. The summed E-state index contributed by atoms with van der Waals surface area (Å²) in [6, 6.07) is 17.4. The van der Waals surface area contributed by atoms with Gasteiger partial charge in [0, 0.05) is 34.6 Å². The molecule has 198 valence electrons. The van der Waals surface area contributed by atoms with E-state index in [0.717, 1.165) is 30.0 Å². The maximum Gasteiger partial charge on any atom is 0.416 e. The van der Waals surface area contributed by atoms with E-state index in [1.807, 2.05) is 17.0 Å². The molecule has 0 unspecified atom stereocenters. The second-order valence-corrected chi connectivity index (χ2v) is 8.84. The molecule has 0 aliphatic carbocycles. The van der Waals surface area contributed by atoms with Crippen LogP contribution in [0.2, 0.25) is 5.02 Å². The quantitative estimate of drug-likeness (QED) is 0.247. The van der Waals surface area contributed by atoms with Crippen LogP contribution in [-0.4, -0.2) is 34.8 Å². The molecule has 0 saturated heterocycles. The molecular weight excluding hydrogens is 535 g/mol. The molecule has 0 fully saturated rings. The van der Waals surface area contributed by atoms with E-state index in [2.05, 4.69) is 10.3 Å². The lowest BCUT2D eigenvalue weighted by Gasteiger charge is -2.19. The molecule has 4 rings (SSSR count). The average molecular weight is 554 g/mol. The van der Waals surface area contributed by atoms with Gasteiger partial charge >= 0.3 is 12.1 Å². The molecule has 0 bridgehead atoms. The number of benzene rings is 3. The van der Waals surface area contributed by atoms with Gasteiger partial charge in [0.15, 0.2) is 0 Å². The van der Waals surface area contributed by atoms with Crippen molar-refractivity contribution in [3.8, 4) is 0 Å². The number of rotatable bonds is 7. The summed E-state index contributed by atoms with van der Waals surface area (Å²) in [6.07, 6.45) is -3.18. The standard InChI is InChI=1S/C28H19ClF3N3O4/c1-35(22-7-5-20(29)6-8-22)23-9-10-24(33-15-23)25(36)17-11-18(27(38)39)14-21(13-17)34-26(37)16-3-2-4-19(12-16)28(30,31)32/h2-15H,1H3,(H,34,37)(H,38,39). The van der Waals surface area contributed by atoms with Gasteiger partial charge < -0.3 is 15.3 Å². The van der Waals surface area contributed by atoms with E-state index < -0.39 is 29.4 Å². The zero-order valence-corrected chi connectivity index (χ0v) is 20.9. The molecule has 2 N–H and O–H groups in total. The van der Waals surface area contributed by atoms with Gasteiger partial charge in [0.1, 0.15) is 5.69 Å². The Morgan fingerprint density at radius 1 is 0.872 bits per heavy atom. The van der Waals surface area contributed by atoms with Gasteiger partial charge in [-0.3, -0.25) is 14.6 Å². The van der Waals surface area contributed by atoms with Crippen molar-refractivity contribution in [2.75, 3.05) is 17.3 Å². The van der Waals surface area contributed by atoms with Crippen LogP contribution in [0.15, 0.2) is 85.1 Å². The van der Waals surface area contributed by atoms with E-state index in [1.165, 1.54) is 24.4 Å². The van der Waals surface area contributed by atoms with Crippen LogP contribution < -0.4 is 10.2 Å². The number of alkyl halides is 3. The summed E-state index contributed by atoms with van der Waals surface area (Å²) >= 11 is 5.93. The fourth-order valence-electron chi connectivity index (χ4n) is 3.67. The fourth-order valence-corrected chi connectivity index (χ4v) is 3.80. The fraction of sp³-hybridized carbons (Fsp3) is 0.0714. The number of halogens is 4. The van der Waals surface area contributed by atoms with Crippen molar-refractivity contribution < 1.29 is 32.7 Å². The highest BCUT2D eigenvalue weighted by Gasteiger charge is 2.31. The van der Waals surface area contributed by atoms with Gasteiger partial charge in [0.05, 0.1) is 23.0 Å². The SMILES string of the molecule is CN(c1ccc(Cl)cc1)c1ccc(C(=O)c2cc(NC(=O)c3cccc(C(F)(F)F)c3)cc(C(=O)O)c2)nc1. The normalized spacial score (nSPS) is 11.1. The Labute approximate surface area is 225 Å². The molecule has 0 spiro atoms. The Bertz CT molecular complexity index is 1560. The summed E-state index contributed by atoms with van der Waals surface area (Å²) in [5, 5.41) is 12.5. The predicted molar refractivity (Wildman–Crippen MR) is 140 cm³/mol. The van der Waals surface area contributed by atoms with Gasteiger partial charge in [-0.2, -0.15) is 13.2 Å². The number of carboxylic acids is 1.